The fourth-order valence-corrected chi connectivity index (χ4v) is 18.6. The average Bonchev–Trinajstić information content (AvgIpc) is 1.62. The Balaban J connectivity index is 0.000000159. The van der Waals surface area contributed by atoms with Gasteiger partial charge in [-0.15, -0.1) is 0 Å². The van der Waals surface area contributed by atoms with Gasteiger partial charge in [-0.1, -0.05) is 19.7 Å². The van der Waals surface area contributed by atoms with E-state index in [0.29, 0.717) is 51.2 Å². The van der Waals surface area contributed by atoms with E-state index in [-0.39, 0.29) is 128 Å². The third kappa shape index (κ3) is 20.3. The van der Waals surface area contributed by atoms with Crippen LogP contribution in [0, 0.1) is 17.8 Å². The molecule has 3 aromatic carbocycles. The SMILES string of the molecule is C=C1[C@H](COP(=O)(N[C@@H](C)C(=O)OC(C)C)Oc2ccc3c(c2)OCO3)[C@@H](O)C[C@@H]1n1cnc2c(=O)[nH]c(N)nc21.C=C1[C@H](CO[P@@](=O)(N[C@@H](C)C(=O)OC(C)C)Oc2ccc3c(c2)OCO3)[C@@H](O)C[C@@H]1n1cnc2c(=O)[nH]c(N)nc21.C=C1[C@H](CO[P@](=O)(N[C@@H](C)C(=O)OC(C)C)Oc2ccc3c(c2)OCO3)[C@@H](O)C[C@@H]1n1cnc2c(=O)[nH]c(N)nc21. The van der Waals surface area contributed by atoms with Crippen LogP contribution in [0.1, 0.15) is 99.7 Å². The summed E-state index contributed by atoms with van der Waals surface area (Å²) in [5, 5.41) is 40.6. The van der Waals surface area contributed by atoms with Crippen LogP contribution < -0.4 is 91.1 Å². The fraction of sp³-hybridized carbons (Fsp3) is 0.440. The Morgan fingerprint density at radius 1 is 0.447 bits per heavy atom. The summed E-state index contributed by atoms with van der Waals surface area (Å²) in [4.78, 5) is 106. The number of anilines is 3. The molecule has 3 fully saturated rings. The topological polar surface area (TPSA) is 606 Å². The van der Waals surface area contributed by atoms with E-state index < -0.39 is 148 Å². The number of rotatable bonds is 30. The minimum Gasteiger partial charge on any atom is -0.462 e. The number of benzene rings is 3. The molecule has 3 aliphatic carbocycles. The molecule has 9 heterocycles. The van der Waals surface area contributed by atoms with E-state index in [1.807, 2.05) is 0 Å². The van der Waals surface area contributed by atoms with Crippen LogP contribution >= 0.6 is 23.2 Å². The highest BCUT2D eigenvalue weighted by Crippen LogP contribution is 2.54. The van der Waals surface area contributed by atoms with Crippen LogP contribution in [0.4, 0.5) is 17.8 Å². The Morgan fingerprint density at radius 2 is 0.699 bits per heavy atom. The molecule has 0 saturated heterocycles. The Morgan fingerprint density at radius 3 is 0.951 bits per heavy atom. The van der Waals surface area contributed by atoms with Crippen LogP contribution in [0.5, 0.6) is 51.7 Å². The quantitative estimate of drug-likeness (QED) is 0.0104. The van der Waals surface area contributed by atoms with E-state index >= 15 is 0 Å². The number of hydrogen-bond donors (Lipinski definition) is 12. The van der Waals surface area contributed by atoms with Crippen molar-refractivity contribution in [1.82, 2.24) is 73.8 Å². The van der Waals surface area contributed by atoms with E-state index in [1.165, 1.54) is 76.2 Å². The molecule has 48 heteroatoms. The number of aliphatic hydroxyl groups is 3. The molecule has 3 saturated carbocycles. The number of aliphatic hydroxyl groups excluding tert-OH is 3. The van der Waals surface area contributed by atoms with Crippen LogP contribution in [-0.4, -0.2) is 187 Å². The first-order valence-electron chi connectivity index (χ1n) is 38.6. The van der Waals surface area contributed by atoms with Crippen LogP contribution in [0.25, 0.3) is 33.5 Å². The standard InChI is InChI=1S/3C25H31N6O9P/c3*1-12(2)39-24(34)14(4)30-41(35,40-15-5-6-19-20(7-15)37-11-36-19)38-9-16-13(3)17(8-18(16)32)31-10-27-21-22(31)28-25(26)29-23(21)33/h3*5-7,10,12,14,16-18,32H,3,8-9,11H2,1-2,4H3,(H,30,35)(H3,26,28,29,33)/t14-,16-,17-,18-,41?;14-,16-,17-,18-,41+;14-,16-,17-,18-,41-/m000/s1. The lowest BCUT2D eigenvalue weighted by atomic mass is 10.0. The van der Waals surface area contributed by atoms with Crippen molar-refractivity contribution in [2.75, 3.05) is 57.4 Å². The second-order valence-electron chi connectivity index (χ2n) is 30.0. The number of carbonyl (C=O) groups is 3. The number of nitrogens with one attached hydrogen (secondary N) is 6. The van der Waals surface area contributed by atoms with Gasteiger partial charge in [-0.3, -0.25) is 57.3 Å². The number of ether oxygens (including phenoxy) is 9. The lowest BCUT2D eigenvalue weighted by molar-refractivity contribution is -0.150. The zero-order valence-electron chi connectivity index (χ0n) is 67.8. The molecule has 45 nitrogen and oxygen atoms in total. The van der Waals surface area contributed by atoms with Gasteiger partial charge in [0.1, 0.15) is 35.4 Å². The van der Waals surface area contributed by atoms with Crippen molar-refractivity contribution in [2.24, 2.45) is 17.8 Å². The van der Waals surface area contributed by atoms with Crippen molar-refractivity contribution < 1.29 is 113 Å². The molecular weight excluding hydrogens is 1680 g/mol. The van der Waals surface area contributed by atoms with Crippen molar-refractivity contribution in [3.63, 3.8) is 0 Å². The summed E-state index contributed by atoms with van der Waals surface area (Å²) < 4.78 is 129. The highest BCUT2D eigenvalue weighted by Gasteiger charge is 2.46. The minimum atomic E-state index is -4.25. The summed E-state index contributed by atoms with van der Waals surface area (Å²) in [6, 6.07) is 9.11. The minimum absolute atomic E-state index is 0.0365. The highest BCUT2D eigenvalue weighted by atomic mass is 31.2. The van der Waals surface area contributed by atoms with Crippen molar-refractivity contribution in [1.29, 1.82) is 0 Å². The largest absolute Gasteiger partial charge is 0.462 e. The average molecular weight is 1770 g/mol. The van der Waals surface area contributed by atoms with E-state index in [0.717, 1.165) is 0 Å². The number of imidazole rings is 3. The van der Waals surface area contributed by atoms with Crippen LogP contribution in [0.15, 0.2) is 124 Å². The number of nitrogens with zero attached hydrogens (tertiary/aromatic N) is 9. The summed E-state index contributed by atoms with van der Waals surface area (Å²) in [5.41, 5.74) is 18.2. The molecule has 6 aliphatic rings. The zero-order valence-corrected chi connectivity index (χ0v) is 70.5. The number of H-pyrrole nitrogens is 3. The Labute approximate surface area is 699 Å². The van der Waals surface area contributed by atoms with Gasteiger partial charge in [0.15, 0.2) is 68.0 Å². The third-order valence-electron chi connectivity index (χ3n) is 20.0. The number of nitrogens with two attached hydrogens (primary N) is 3. The summed E-state index contributed by atoms with van der Waals surface area (Å²) >= 11 is 0. The number of fused-ring (bicyclic) bond motifs is 6. The van der Waals surface area contributed by atoms with Gasteiger partial charge in [0.2, 0.25) is 38.2 Å². The molecule has 0 radical (unpaired) electrons. The molecule has 1 unspecified atom stereocenters. The maximum atomic E-state index is 14.0. The smallest absolute Gasteiger partial charge is 0.459 e. The van der Waals surface area contributed by atoms with Crippen LogP contribution in [0.3, 0.4) is 0 Å². The summed E-state index contributed by atoms with van der Waals surface area (Å²) in [7, 11) is -12.8. The first-order valence-corrected chi connectivity index (χ1v) is 43.2. The molecule has 3 aliphatic heterocycles. The summed E-state index contributed by atoms with van der Waals surface area (Å²) in [6.07, 6.45) is 0.839. The van der Waals surface area contributed by atoms with E-state index in [4.69, 9.17) is 87.0 Å². The van der Waals surface area contributed by atoms with Gasteiger partial charge in [0, 0.05) is 36.0 Å². The Hall–Kier alpha value is -11.7. The van der Waals surface area contributed by atoms with Crippen LogP contribution in [-0.2, 0) is 55.9 Å². The highest BCUT2D eigenvalue weighted by molar-refractivity contribution is 7.52. The van der Waals surface area contributed by atoms with Crippen LogP contribution in [0.2, 0.25) is 0 Å². The zero-order chi connectivity index (χ0) is 88.4. The normalized spacial score (nSPS) is 22.2. The molecular formula is C75H93N18O27P3. The number of nitrogen functional groups attached to an aromatic ring is 3. The second-order valence-corrected chi connectivity index (χ2v) is 35.1. The molecule has 15 N–H and O–H groups in total. The van der Waals surface area contributed by atoms with E-state index in [2.05, 4.69) is 79.9 Å². The van der Waals surface area contributed by atoms with Gasteiger partial charge < -0.3 is 102 Å². The number of esters is 3. The maximum absolute atomic E-state index is 14.0. The summed E-state index contributed by atoms with van der Waals surface area (Å²) in [6.45, 7) is 26.2. The fourth-order valence-electron chi connectivity index (χ4n) is 14.1. The molecule has 660 valence electrons. The number of aromatic nitrogens is 12. The monoisotopic (exact) mass is 1770 g/mol. The molecule has 15 rings (SSSR count). The molecule has 6 aromatic heterocycles. The second kappa shape index (κ2) is 36.8. The van der Waals surface area contributed by atoms with Gasteiger partial charge in [0.25, 0.3) is 16.7 Å². The van der Waals surface area contributed by atoms with E-state index in [9.17, 15) is 57.8 Å². The molecule has 0 bridgehead atoms. The maximum Gasteiger partial charge on any atom is 0.459 e. The molecule has 0 spiro atoms. The van der Waals surface area contributed by atoms with Crippen molar-refractivity contribution in [3.8, 4) is 51.7 Å². The first-order chi connectivity index (χ1) is 58.3. The van der Waals surface area contributed by atoms with Gasteiger partial charge in [-0.05, 0) is 135 Å². The lowest BCUT2D eigenvalue weighted by Crippen LogP contribution is -2.36. The molecule has 9 aromatic rings. The molecule has 15 atom stereocenters. The lowest BCUT2D eigenvalue weighted by Gasteiger charge is -2.25. The van der Waals surface area contributed by atoms with Crippen molar-refractivity contribution in [3.05, 3.63) is 141 Å². The van der Waals surface area contributed by atoms with Crippen molar-refractivity contribution in [2.45, 2.75) is 154 Å². The summed E-state index contributed by atoms with van der Waals surface area (Å²) in [5.74, 6) is -1.19. The third-order valence-corrected chi connectivity index (χ3v) is 24.9. The van der Waals surface area contributed by atoms with Gasteiger partial charge >= 0.3 is 41.1 Å². The number of aromatic amines is 3. The Kier molecular flexibility index (Phi) is 26.6. The van der Waals surface area contributed by atoms with Crippen molar-refractivity contribution >= 4 is 92.5 Å². The predicted molar refractivity (Wildman–Crippen MR) is 436 cm³/mol. The molecule has 0 amide bonds. The predicted octanol–water partition coefficient (Wildman–Crippen LogP) is 6.13. The number of carbonyl (C=O) groups excluding carboxylic acids is 3. The van der Waals surface area contributed by atoms with Gasteiger partial charge in [-0.25, -0.2) is 28.6 Å². The first kappa shape index (κ1) is 89.0. The van der Waals surface area contributed by atoms with Gasteiger partial charge in [0.05, 0.1) is 93.6 Å². The molecule has 123 heavy (non-hydrogen) atoms. The van der Waals surface area contributed by atoms with E-state index in [1.54, 1.807) is 73.4 Å². The van der Waals surface area contributed by atoms with Gasteiger partial charge in [-0.2, -0.15) is 30.2 Å². The Bertz CT molecular complexity index is 5320. The number of hydrogen-bond acceptors (Lipinski definition) is 36.